The average Bonchev–Trinajstić information content (AvgIpc) is 2.03. The van der Waals surface area contributed by atoms with Crippen molar-refractivity contribution in [2.75, 3.05) is 0 Å². The Kier molecular flexibility index (Phi) is 45.2. The van der Waals surface area contributed by atoms with Crippen LogP contribution in [0.3, 0.4) is 0 Å². The van der Waals surface area contributed by atoms with Crippen molar-refractivity contribution in [2.45, 2.75) is 31.0 Å². The smallest absolute Gasteiger partial charge is 1.00 e. The molecule has 12 N–H and O–H groups in total. The van der Waals surface area contributed by atoms with E-state index in [0.29, 0.717) is 0 Å². The van der Waals surface area contributed by atoms with Crippen molar-refractivity contribution >= 4 is 5.97 Å². The average molecular weight is 326 g/mol. The molecule has 0 aromatic heterocycles. The monoisotopic (exact) mass is 326 g/mol. The Hall–Kier alpha value is 4.23. The van der Waals surface area contributed by atoms with Gasteiger partial charge in [0.25, 0.3) is 0 Å². The molecular formula is C6H23N6Na5O2. The summed E-state index contributed by atoms with van der Waals surface area (Å²) in [5.74, 6) is -0.633. The van der Waals surface area contributed by atoms with Crippen LogP contribution in [0, 0.1) is 0 Å². The summed E-state index contributed by atoms with van der Waals surface area (Å²) in [7, 11) is 0. The summed E-state index contributed by atoms with van der Waals surface area (Å²) in [6, 6.07) is -0.677. The number of nitrogens with two attached hydrogens (primary N) is 6. The van der Waals surface area contributed by atoms with Gasteiger partial charge in [-0.05, 0) is 0 Å². The van der Waals surface area contributed by atoms with Gasteiger partial charge in [-0.2, -0.15) is 0 Å². The van der Waals surface area contributed by atoms with Crippen molar-refractivity contribution in [1.29, 1.82) is 0 Å². The number of hydrogen-bond donors (Lipinski definition) is 6. The molecule has 0 heterocycles. The van der Waals surface area contributed by atoms with Crippen molar-refractivity contribution in [3.63, 3.8) is 0 Å². The van der Waals surface area contributed by atoms with Crippen molar-refractivity contribution < 1.29 is 164 Å². The van der Waals surface area contributed by atoms with Gasteiger partial charge in [0, 0.05) is 6.04 Å². The second kappa shape index (κ2) is 22.2. The Balaban J connectivity index is -0.0000000188. The van der Waals surface area contributed by atoms with Crippen LogP contribution in [-0.4, -0.2) is 30.6 Å². The van der Waals surface area contributed by atoms with Gasteiger partial charge >= 0.3 is 154 Å². The van der Waals surface area contributed by atoms with Gasteiger partial charge in [-0.25, -0.2) is 0 Å². The summed E-state index contributed by atoms with van der Waals surface area (Å²) in [5, 5.41) is 0. The van der Waals surface area contributed by atoms with Crippen LogP contribution in [0.15, 0.2) is 0 Å². The number of esters is 1. The minimum absolute atomic E-state index is 0. The van der Waals surface area contributed by atoms with E-state index < -0.39 is 30.6 Å². The van der Waals surface area contributed by atoms with Gasteiger partial charge < -0.3 is 40.5 Å². The van der Waals surface area contributed by atoms with E-state index >= 15 is 0 Å². The van der Waals surface area contributed by atoms with Crippen molar-refractivity contribution in [2.24, 2.45) is 34.4 Å². The Bertz CT molecular complexity index is 201. The third-order valence-electron chi connectivity index (χ3n) is 1.54. The molecule has 0 aromatic carbocycles. The van der Waals surface area contributed by atoms with E-state index in [1.807, 2.05) is 0 Å². The molecule has 0 radical (unpaired) electrons. The molecule has 0 rings (SSSR count). The SMILES string of the molecule is NC(N)C(N)CC(=O)OC(N)C(N)N.[H-].[H-].[H-].[H-].[H-].[Na+].[Na+].[Na+].[Na+].[Na+]. The van der Waals surface area contributed by atoms with Crippen molar-refractivity contribution in [3.8, 4) is 0 Å². The molecule has 0 saturated carbocycles. The fourth-order valence-electron chi connectivity index (χ4n) is 0.607. The quantitative estimate of drug-likeness (QED) is 0.163. The summed E-state index contributed by atoms with van der Waals surface area (Å²) >= 11 is 0. The van der Waals surface area contributed by atoms with Crippen LogP contribution in [-0.2, 0) is 9.53 Å². The Labute approximate surface area is 231 Å². The minimum atomic E-state index is -1.05. The van der Waals surface area contributed by atoms with Crippen LogP contribution >= 0.6 is 0 Å². The van der Waals surface area contributed by atoms with Gasteiger partial charge in [0.05, 0.1) is 12.6 Å². The molecule has 0 saturated heterocycles. The first-order chi connectivity index (χ1) is 6.34. The van der Waals surface area contributed by atoms with Gasteiger partial charge in [-0.3, -0.25) is 10.5 Å². The van der Waals surface area contributed by atoms with Crippen LogP contribution in [0.4, 0.5) is 0 Å². The van der Waals surface area contributed by atoms with Crippen LogP contribution in [0.1, 0.15) is 13.6 Å². The fourth-order valence-corrected chi connectivity index (χ4v) is 0.607. The molecule has 0 aliphatic heterocycles. The van der Waals surface area contributed by atoms with Crippen LogP contribution in [0.25, 0.3) is 0 Å². The third-order valence-corrected chi connectivity index (χ3v) is 1.54. The summed E-state index contributed by atoms with van der Waals surface area (Å²) in [6.07, 6.45) is -2.89. The molecule has 19 heavy (non-hydrogen) atoms. The zero-order chi connectivity index (χ0) is 11.3. The molecule has 0 spiro atoms. The fraction of sp³-hybridized carbons (Fsp3) is 0.833. The Morgan fingerprint density at radius 2 is 1.21 bits per heavy atom. The topological polar surface area (TPSA) is 182 Å². The summed E-state index contributed by atoms with van der Waals surface area (Å²) < 4.78 is 4.63. The normalized spacial score (nSPS) is 11.6. The molecule has 0 bridgehead atoms. The van der Waals surface area contributed by atoms with Crippen molar-refractivity contribution in [1.82, 2.24) is 0 Å². The van der Waals surface area contributed by atoms with Crippen LogP contribution in [0.5, 0.6) is 0 Å². The molecular weight excluding hydrogens is 303 g/mol. The predicted molar refractivity (Wildman–Crippen MR) is 56.5 cm³/mol. The molecule has 13 heteroatoms. The van der Waals surface area contributed by atoms with E-state index in [9.17, 15) is 4.79 Å². The summed E-state index contributed by atoms with van der Waals surface area (Å²) in [4.78, 5) is 11.1. The standard InChI is InChI=1S/C6H18N6O2.5Na.5H/c7-2(4(8)9)1-3(13)14-6(12)5(10)11;;;;;;;;;;/h2,4-6H,1,7-12H2;;;;;;;;;;/q;5*+1;5*-1. The maximum Gasteiger partial charge on any atom is 1.00 e. The number of carbonyl (C=O) groups is 1. The number of ether oxygens (including phenoxy) is 1. The first-order valence-electron chi connectivity index (χ1n) is 4.07. The maximum absolute atomic E-state index is 11.1. The molecule has 2 unspecified atom stereocenters. The Morgan fingerprint density at radius 3 is 1.47 bits per heavy atom. The first-order valence-corrected chi connectivity index (χ1v) is 4.07. The van der Waals surface area contributed by atoms with Crippen molar-refractivity contribution in [3.05, 3.63) is 0 Å². The zero-order valence-corrected chi connectivity index (χ0v) is 22.8. The second-order valence-corrected chi connectivity index (χ2v) is 2.98. The van der Waals surface area contributed by atoms with E-state index in [-0.39, 0.29) is 161 Å². The summed E-state index contributed by atoms with van der Waals surface area (Å²) in [6.45, 7) is 0. The van der Waals surface area contributed by atoms with Gasteiger partial charge in [0.15, 0.2) is 6.23 Å². The summed E-state index contributed by atoms with van der Waals surface area (Å²) in [5.41, 5.74) is 31.5. The van der Waals surface area contributed by atoms with Gasteiger partial charge in [-0.1, -0.05) is 0 Å². The van der Waals surface area contributed by atoms with E-state index in [2.05, 4.69) is 4.74 Å². The molecule has 0 aliphatic carbocycles. The molecule has 0 amide bonds. The Morgan fingerprint density at radius 1 is 0.842 bits per heavy atom. The second-order valence-electron chi connectivity index (χ2n) is 2.98. The number of rotatable bonds is 5. The van der Waals surface area contributed by atoms with E-state index in [0.717, 1.165) is 0 Å². The molecule has 0 aliphatic rings. The largest absolute Gasteiger partial charge is 1.00 e. The minimum Gasteiger partial charge on any atom is -1.00 e. The number of hydrogen-bond acceptors (Lipinski definition) is 8. The number of carbonyl (C=O) groups excluding carboxylic acids is 1. The van der Waals surface area contributed by atoms with Crippen LogP contribution in [0.2, 0.25) is 0 Å². The zero-order valence-electron chi connectivity index (χ0n) is 17.8. The maximum atomic E-state index is 11.1. The molecule has 0 fully saturated rings. The van der Waals surface area contributed by atoms with Gasteiger partial charge in [-0.15, -0.1) is 0 Å². The predicted octanol–water partition coefficient (Wildman–Crippen LogP) is -18.4. The van der Waals surface area contributed by atoms with E-state index in [1.165, 1.54) is 0 Å². The van der Waals surface area contributed by atoms with Gasteiger partial charge in [0.1, 0.15) is 6.17 Å². The van der Waals surface area contributed by atoms with Gasteiger partial charge in [0.2, 0.25) is 0 Å². The molecule has 8 nitrogen and oxygen atoms in total. The van der Waals surface area contributed by atoms with E-state index in [1.54, 1.807) is 0 Å². The van der Waals surface area contributed by atoms with E-state index in [4.69, 9.17) is 34.4 Å². The molecule has 0 aromatic rings. The molecule has 2 atom stereocenters. The third kappa shape index (κ3) is 22.2. The molecule has 94 valence electrons. The first kappa shape index (κ1) is 38.7. The van der Waals surface area contributed by atoms with Crippen LogP contribution < -0.4 is 182 Å².